The van der Waals surface area contributed by atoms with E-state index in [0.717, 1.165) is 28.6 Å². The number of hydrogen-bond donors (Lipinski definition) is 1. The van der Waals surface area contributed by atoms with Gasteiger partial charge < -0.3 is 5.32 Å². The topological polar surface area (TPSA) is 12.0 Å². The number of halogens is 3. The third-order valence-corrected chi connectivity index (χ3v) is 4.88. The van der Waals surface area contributed by atoms with Crippen molar-refractivity contribution >= 4 is 37.5 Å². The van der Waals surface area contributed by atoms with Gasteiger partial charge in [-0.05, 0) is 76.7 Å². The molecule has 0 heterocycles. The number of rotatable bonds is 2. The minimum absolute atomic E-state index is 0.219. The molecular formula is C16H14Br2FN. The van der Waals surface area contributed by atoms with Gasteiger partial charge in [-0.2, -0.15) is 0 Å². The summed E-state index contributed by atoms with van der Waals surface area (Å²) in [4.78, 5) is 0. The number of aryl methyl sites for hydroxylation is 2. The third kappa shape index (κ3) is 2.63. The first-order valence-corrected chi connectivity index (χ1v) is 8.13. The van der Waals surface area contributed by atoms with Crippen molar-refractivity contribution in [3.05, 3.63) is 61.8 Å². The zero-order chi connectivity index (χ0) is 14.3. The summed E-state index contributed by atoms with van der Waals surface area (Å²) in [5.41, 5.74) is 4.64. The molecule has 0 fully saturated rings. The lowest BCUT2D eigenvalue weighted by molar-refractivity contribution is 0.620. The van der Waals surface area contributed by atoms with Crippen LogP contribution in [0.1, 0.15) is 29.2 Å². The number of nitrogens with one attached hydrogen (secondary N) is 1. The number of fused-ring (bicyclic) bond motifs is 1. The predicted octanol–water partition coefficient (Wildman–Crippen LogP) is 5.76. The molecule has 0 saturated heterocycles. The monoisotopic (exact) mass is 397 g/mol. The number of hydrogen-bond acceptors (Lipinski definition) is 1. The lowest BCUT2D eigenvalue weighted by atomic mass is 10.1. The Bertz CT molecular complexity index is 670. The van der Waals surface area contributed by atoms with Crippen molar-refractivity contribution in [2.75, 3.05) is 5.32 Å². The first kappa shape index (κ1) is 14.1. The van der Waals surface area contributed by atoms with E-state index in [1.54, 1.807) is 6.07 Å². The maximum atomic E-state index is 13.5. The molecule has 1 atom stereocenters. The average Bonchev–Trinajstić information content (AvgIpc) is 2.78. The summed E-state index contributed by atoms with van der Waals surface area (Å²) >= 11 is 6.76. The molecule has 2 aromatic rings. The Hall–Kier alpha value is -0.870. The smallest absolute Gasteiger partial charge is 0.137 e. The van der Waals surface area contributed by atoms with Crippen LogP contribution < -0.4 is 5.32 Å². The van der Waals surface area contributed by atoms with E-state index in [1.165, 1.54) is 11.1 Å². The Labute approximate surface area is 134 Å². The van der Waals surface area contributed by atoms with Crippen LogP contribution in [0.3, 0.4) is 0 Å². The van der Waals surface area contributed by atoms with Gasteiger partial charge >= 0.3 is 0 Å². The molecule has 0 radical (unpaired) electrons. The highest BCUT2D eigenvalue weighted by molar-refractivity contribution is 9.10. The van der Waals surface area contributed by atoms with E-state index in [1.807, 2.05) is 13.0 Å². The molecule has 3 rings (SSSR count). The quantitative estimate of drug-likeness (QED) is 0.678. The Kier molecular flexibility index (Phi) is 3.87. The van der Waals surface area contributed by atoms with Crippen molar-refractivity contribution in [1.82, 2.24) is 0 Å². The highest BCUT2D eigenvalue weighted by atomic mass is 79.9. The predicted molar refractivity (Wildman–Crippen MR) is 87.7 cm³/mol. The highest BCUT2D eigenvalue weighted by Crippen LogP contribution is 2.36. The summed E-state index contributed by atoms with van der Waals surface area (Å²) in [7, 11) is 0. The van der Waals surface area contributed by atoms with Crippen LogP contribution in [0.25, 0.3) is 0 Å². The van der Waals surface area contributed by atoms with Gasteiger partial charge in [-0.1, -0.05) is 22.0 Å². The number of benzene rings is 2. The average molecular weight is 399 g/mol. The lowest BCUT2D eigenvalue weighted by Crippen LogP contribution is -2.08. The zero-order valence-electron chi connectivity index (χ0n) is 11.0. The minimum atomic E-state index is -0.219. The van der Waals surface area contributed by atoms with Crippen LogP contribution in [0.15, 0.2) is 39.3 Å². The molecule has 1 N–H and O–H groups in total. The van der Waals surface area contributed by atoms with Gasteiger partial charge in [-0.25, -0.2) is 4.39 Å². The number of anilines is 1. The van der Waals surface area contributed by atoms with Gasteiger partial charge in [0.25, 0.3) is 0 Å². The van der Waals surface area contributed by atoms with E-state index >= 15 is 0 Å². The molecule has 0 aliphatic heterocycles. The summed E-state index contributed by atoms with van der Waals surface area (Å²) < 4.78 is 15.1. The lowest BCUT2D eigenvalue weighted by Gasteiger charge is -2.18. The van der Waals surface area contributed by atoms with Gasteiger partial charge in [0.05, 0.1) is 10.5 Å². The van der Waals surface area contributed by atoms with Crippen molar-refractivity contribution in [3.63, 3.8) is 0 Å². The second-order valence-corrected chi connectivity index (χ2v) is 6.93. The molecule has 0 aromatic heterocycles. The van der Waals surface area contributed by atoms with Crippen LogP contribution in [0.4, 0.5) is 10.1 Å². The first-order chi connectivity index (χ1) is 9.54. The van der Waals surface area contributed by atoms with Gasteiger partial charge in [0, 0.05) is 10.2 Å². The summed E-state index contributed by atoms with van der Waals surface area (Å²) in [5.74, 6) is -0.219. The molecule has 4 heteroatoms. The fourth-order valence-corrected chi connectivity index (χ4v) is 3.48. The molecule has 1 aliphatic carbocycles. The van der Waals surface area contributed by atoms with Crippen LogP contribution in [-0.4, -0.2) is 0 Å². The summed E-state index contributed by atoms with van der Waals surface area (Å²) in [6, 6.07) is 10.1. The SMILES string of the molecule is Cc1cc(F)c(Br)cc1NC1CCc2cc(Br)ccc21. The van der Waals surface area contributed by atoms with E-state index in [0.29, 0.717) is 10.5 Å². The van der Waals surface area contributed by atoms with Crippen molar-refractivity contribution in [2.24, 2.45) is 0 Å². The van der Waals surface area contributed by atoms with Gasteiger partial charge in [-0.3, -0.25) is 0 Å². The Morgan fingerprint density at radius 2 is 2.00 bits per heavy atom. The largest absolute Gasteiger partial charge is 0.378 e. The van der Waals surface area contributed by atoms with Crippen molar-refractivity contribution < 1.29 is 4.39 Å². The van der Waals surface area contributed by atoms with Gasteiger partial charge in [0.2, 0.25) is 0 Å². The molecule has 2 aromatic carbocycles. The van der Waals surface area contributed by atoms with Crippen LogP contribution in [0.2, 0.25) is 0 Å². The van der Waals surface area contributed by atoms with E-state index in [9.17, 15) is 4.39 Å². The van der Waals surface area contributed by atoms with Gasteiger partial charge in [-0.15, -0.1) is 0 Å². The second kappa shape index (κ2) is 5.49. The van der Waals surface area contributed by atoms with Gasteiger partial charge in [0.15, 0.2) is 0 Å². The fraction of sp³-hybridized carbons (Fsp3) is 0.250. The zero-order valence-corrected chi connectivity index (χ0v) is 14.2. The van der Waals surface area contributed by atoms with E-state index in [4.69, 9.17) is 0 Å². The van der Waals surface area contributed by atoms with Crippen LogP contribution in [0, 0.1) is 12.7 Å². The summed E-state index contributed by atoms with van der Waals surface area (Å²) in [5, 5.41) is 3.54. The Balaban J connectivity index is 1.89. The molecule has 104 valence electrons. The minimum Gasteiger partial charge on any atom is -0.378 e. The highest BCUT2D eigenvalue weighted by Gasteiger charge is 2.23. The van der Waals surface area contributed by atoms with Gasteiger partial charge in [0.1, 0.15) is 5.82 Å². The van der Waals surface area contributed by atoms with E-state index in [2.05, 4.69) is 55.4 Å². The molecule has 1 nitrogen and oxygen atoms in total. The van der Waals surface area contributed by atoms with Crippen molar-refractivity contribution in [3.8, 4) is 0 Å². The maximum absolute atomic E-state index is 13.5. The first-order valence-electron chi connectivity index (χ1n) is 6.55. The standard InChI is InChI=1S/C16H14Br2FN/c1-9-6-14(19)13(18)8-16(9)20-15-5-2-10-7-11(17)3-4-12(10)15/h3-4,6-8,15,20H,2,5H2,1H3. The summed E-state index contributed by atoms with van der Waals surface area (Å²) in [6.07, 6.45) is 2.15. The molecule has 1 aliphatic rings. The third-order valence-electron chi connectivity index (χ3n) is 3.78. The Morgan fingerprint density at radius 3 is 2.80 bits per heavy atom. The Morgan fingerprint density at radius 1 is 1.20 bits per heavy atom. The molecular weight excluding hydrogens is 385 g/mol. The van der Waals surface area contributed by atoms with E-state index in [-0.39, 0.29) is 5.82 Å². The second-order valence-electron chi connectivity index (χ2n) is 5.16. The normalized spacial score (nSPS) is 17.1. The molecule has 0 saturated carbocycles. The molecule has 0 amide bonds. The molecule has 20 heavy (non-hydrogen) atoms. The molecule has 1 unspecified atom stereocenters. The van der Waals surface area contributed by atoms with E-state index < -0.39 is 0 Å². The molecule has 0 bridgehead atoms. The van der Waals surface area contributed by atoms with Crippen molar-refractivity contribution in [1.29, 1.82) is 0 Å². The maximum Gasteiger partial charge on any atom is 0.137 e. The van der Waals surface area contributed by atoms with Crippen LogP contribution in [-0.2, 0) is 6.42 Å². The molecule has 0 spiro atoms. The van der Waals surface area contributed by atoms with Crippen LogP contribution in [0.5, 0.6) is 0 Å². The van der Waals surface area contributed by atoms with Crippen LogP contribution >= 0.6 is 31.9 Å². The summed E-state index contributed by atoms with van der Waals surface area (Å²) in [6.45, 7) is 1.93. The van der Waals surface area contributed by atoms with Crippen molar-refractivity contribution in [2.45, 2.75) is 25.8 Å². The fourth-order valence-electron chi connectivity index (χ4n) is 2.73.